The average molecular weight is 333 g/mol. The second-order valence-electron chi connectivity index (χ2n) is 5.11. The molecule has 0 amide bonds. The van der Waals surface area contributed by atoms with Crippen molar-refractivity contribution < 1.29 is 4.74 Å². The van der Waals surface area contributed by atoms with Gasteiger partial charge < -0.3 is 4.74 Å². The molecule has 3 nitrogen and oxygen atoms in total. The number of ether oxygens (including phenoxy) is 1. The van der Waals surface area contributed by atoms with Gasteiger partial charge in [0.2, 0.25) is 5.88 Å². The molecule has 0 saturated heterocycles. The molecule has 0 radical (unpaired) electrons. The Morgan fingerprint density at radius 3 is 2.90 bits per heavy atom. The van der Waals surface area contributed by atoms with Gasteiger partial charge in [-0.15, -0.1) is 0 Å². The minimum Gasteiger partial charge on any atom is -0.481 e. The SMILES string of the molecule is COc1cc(CC(Br)c2ccc3c(c2)CCC3)ncn1. The number of alkyl halides is 1. The number of hydrogen-bond donors (Lipinski definition) is 0. The van der Waals surface area contributed by atoms with Crippen LogP contribution in [0.25, 0.3) is 0 Å². The van der Waals surface area contributed by atoms with Gasteiger partial charge in [0.1, 0.15) is 6.33 Å². The van der Waals surface area contributed by atoms with E-state index in [0.29, 0.717) is 5.88 Å². The quantitative estimate of drug-likeness (QED) is 0.801. The Bertz CT molecular complexity index is 615. The van der Waals surface area contributed by atoms with Crippen molar-refractivity contribution in [2.45, 2.75) is 30.5 Å². The van der Waals surface area contributed by atoms with E-state index in [4.69, 9.17) is 4.74 Å². The van der Waals surface area contributed by atoms with Gasteiger partial charge in [-0.3, -0.25) is 0 Å². The van der Waals surface area contributed by atoms with E-state index < -0.39 is 0 Å². The summed E-state index contributed by atoms with van der Waals surface area (Å²) in [6.07, 6.45) is 6.11. The molecule has 0 spiro atoms. The van der Waals surface area contributed by atoms with Gasteiger partial charge in [0.05, 0.1) is 7.11 Å². The zero-order valence-electron chi connectivity index (χ0n) is 11.5. The highest BCUT2D eigenvalue weighted by atomic mass is 79.9. The summed E-state index contributed by atoms with van der Waals surface area (Å²) in [4.78, 5) is 8.61. The van der Waals surface area contributed by atoms with Crippen molar-refractivity contribution in [3.05, 3.63) is 53.0 Å². The Morgan fingerprint density at radius 1 is 1.20 bits per heavy atom. The maximum absolute atomic E-state index is 5.14. The van der Waals surface area contributed by atoms with Crippen molar-refractivity contribution in [1.82, 2.24) is 9.97 Å². The molecule has 1 heterocycles. The number of fused-ring (bicyclic) bond motifs is 1. The molecule has 1 aliphatic rings. The number of benzene rings is 1. The number of hydrogen-bond acceptors (Lipinski definition) is 3. The smallest absolute Gasteiger partial charge is 0.216 e. The molecule has 1 aromatic heterocycles. The summed E-state index contributed by atoms with van der Waals surface area (Å²) in [7, 11) is 1.62. The Balaban J connectivity index is 1.77. The summed E-state index contributed by atoms with van der Waals surface area (Å²) >= 11 is 3.78. The summed E-state index contributed by atoms with van der Waals surface area (Å²) in [6.45, 7) is 0. The number of aromatic nitrogens is 2. The number of methoxy groups -OCH3 is 1. The van der Waals surface area contributed by atoms with Crippen LogP contribution in [0.3, 0.4) is 0 Å². The third kappa shape index (κ3) is 2.85. The van der Waals surface area contributed by atoms with E-state index in [1.54, 1.807) is 13.4 Å². The van der Waals surface area contributed by atoms with Crippen LogP contribution >= 0.6 is 15.9 Å². The fraction of sp³-hybridized carbons (Fsp3) is 0.375. The zero-order valence-corrected chi connectivity index (χ0v) is 13.1. The molecule has 0 saturated carbocycles. The highest BCUT2D eigenvalue weighted by Gasteiger charge is 2.15. The average Bonchev–Trinajstić information content (AvgIpc) is 2.94. The number of halogens is 1. The van der Waals surface area contributed by atoms with Crippen molar-refractivity contribution in [1.29, 1.82) is 0 Å². The first-order chi connectivity index (χ1) is 9.76. The third-order valence-electron chi connectivity index (χ3n) is 3.78. The number of nitrogens with zero attached hydrogens (tertiary/aromatic N) is 2. The van der Waals surface area contributed by atoms with Gasteiger partial charge in [-0.2, -0.15) is 0 Å². The van der Waals surface area contributed by atoms with Crippen LogP contribution in [-0.4, -0.2) is 17.1 Å². The van der Waals surface area contributed by atoms with E-state index >= 15 is 0 Å². The van der Waals surface area contributed by atoms with Crippen LogP contribution in [0.2, 0.25) is 0 Å². The predicted molar refractivity (Wildman–Crippen MR) is 82.4 cm³/mol. The van der Waals surface area contributed by atoms with E-state index in [9.17, 15) is 0 Å². The van der Waals surface area contributed by atoms with Crippen molar-refractivity contribution >= 4 is 15.9 Å². The highest BCUT2D eigenvalue weighted by Crippen LogP contribution is 2.31. The second-order valence-corrected chi connectivity index (χ2v) is 6.21. The molecular formula is C16H17BrN2O. The topological polar surface area (TPSA) is 35.0 Å². The molecular weight excluding hydrogens is 316 g/mol. The van der Waals surface area contributed by atoms with E-state index in [1.807, 2.05) is 6.07 Å². The van der Waals surface area contributed by atoms with Crippen molar-refractivity contribution in [2.24, 2.45) is 0 Å². The molecule has 104 valence electrons. The van der Waals surface area contributed by atoms with Crippen molar-refractivity contribution in [2.75, 3.05) is 7.11 Å². The first-order valence-electron chi connectivity index (χ1n) is 6.87. The lowest BCUT2D eigenvalue weighted by atomic mass is 10.0. The van der Waals surface area contributed by atoms with Crippen molar-refractivity contribution in [3.63, 3.8) is 0 Å². The molecule has 1 aromatic carbocycles. The van der Waals surface area contributed by atoms with Crippen LogP contribution in [-0.2, 0) is 19.3 Å². The van der Waals surface area contributed by atoms with Gasteiger partial charge in [0, 0.05) is 23.0 Å². The summed E-state index contributed by atoms with van der Waals surface area (Å²) < 4.78 is 5.14. The standard InChI is InChI=1S/C16H17BrN2O/c1-20-16-9-14(18-10-19-16)8-15(17)13-6-5-11-3-2-4-12(11)7-13/h5-7,9-10,15H,2-4,8H2,1H3. The summed E-state index contributed by atoms with van der Waals surface area (Å²) in [6, 6.07) is 8.72. The van der Waals surface area contributed by atoms with Gasteiger partial charge in [-0.1, -0.05) is 34.1 Å². The van der Waals surface area contributed by atoms with Crippen LogP contribution < -0.4 is 4.74 Å². The lowest BCUT2D eigenvalue weighted by Crippen LogP contribution is -2.00. The molecule has 0 fully saturated rings. The van der Waals surface area contributed by atoms with E-state index in [-0.39, 0.29) is 4.83 Å². The van der Waals surface area contributed by atoms with E-state index in [1.165, 1.54) is 36.0 Å². The molecule has 2 aromatic rings. The maximum atomic E-state index is 5.14. The third-order valence-corrected chi connectivity index (χ3v) is 4.63. The van der Waals surface area contributed by atoms with Gasteiger partial charge >= 0.3 is 0 Å². The summed E-state index contributed by atoms with van der Waals surface area (Å²) in [5.74, 6) is 0.614. The Kier molecular flexibility index (Phi) is 4.01. The van der Waals surface area contributed by atoms with Gasteiger partial charge in [0.15, 0.2) is 0 Å². The molecule has 1 unspecified atom stereocenters. The van der Waals surface area contributed by atoms with Gasteiger partial charge in [-0.25, -0.2) is 9.97 Å². The maximum Gasteiger partial charge on any atom is 0.216 e. The second kappa shape index (κ2) is 5.92. The van der Waals surface area contributed by atoms with E-state index in [2.05, 4.69) is 44.1 Å². The Labute approximate surface area is 127 Å². The summed E-state index contributed by atoms with van der Waals surface area (Å²) in [5, 5.41) is 0. The molecule has 0 N–H and O–H groups in total. The first-order valence-corrected chi connectivity index (χ1v) is 7.78. The van der Waals surface area contributed by atoms with Crippen LogP contribution in [0.5, 0.6) is 5.88 Å². The van der Waals surface area contributed by atoms with Gasteiger partial charge in [-0.05, 0) is 36.0 Å². The fourth-order valence-electron chi connectivity index (χ4n) is 2.69. The zero-order chi connectivity index (χ0) is 13.9. The molecule has 0 aliphatic heterocycles. The van der Waals surface area contributed by atoms with Crippen LogP contribution in [0, 0.1) is 0 Å². The lowest BCUT2D eigenvalue weighted by molar-refractivity contribution is 0.396. The Hall–Kier alpha value is -1.42. The normalized spacial score (nSPS) is 14.9. The number of aryl methyl sites for hydroxylation is 2. The fourth-order valence-corrected chi connectivity index (χ4v) is 3.30. The van der Waals surface area contributed by atoms with Gasteiger partial charge in [0.25, 0.3) is 0 Å². The molecule has 1 atom stereocenters. The Morgan fingerprint density at radius 2 is 2.05 bits per heavy atom. The largest absolute Gasteiger partial charge is 0.481 e. The van der Waals surface area contributed by atoms with Crippen LogP contribution in [0.1, 0.15) is 33.6 Å². The van der Waals surface area contributed by atoms with Crippen molar-refractivity contribution in [3.8, 4) is 5.88 Å². The molecule has 20 heavy (non-hydrogen) atoms. The first kappa shape index (κ1) is 13.6. The predicted octanol–water partition coefficient (Wildman–Crippen LogP) is 3.65. The van der Waals surface area contributed by atoms with E-state index in [0.717, 1.165) is 12.1 Å². The molecule has 1 aliphatic carbocycles. The molecule has 4 heteroatoms. The van der Waals surface area contributed by atoms with Crippen LogP contribution in [0.15, 0.2) is 30.6 Å². The molecule has 3 rings (SSSR count). The van der Waals surface area contributed by atoms with Crippen LogP contribution in [0.4, 0.5) is 0 Å². The summed E-state index contributed by atoms with van der Waals surface area (Å²) in [5.41, 5.74) is 5.33. The lowest BCUT2D eigenvalue weighted by Gasteiger charge is -2.12. The minimum absolute atomic E-state index is 0.271. The monoisotopic (exact) mass is 332 g/mol. The molecule has 0 bridgehead atoms. The number of rotatable bonds is 4. The highest BCUT2D eigenvalue weighted by molar-refractivity contribution is 9.09. The minimum atomic E-state index is 0.271.